The topological polar surface area (TPSA) is 79.0 Å². The highest BCUT2D eigenvalue weighted by atomic mass is 19.1. The smallest absolute Gasteiger partial charge is 0.255 e. The Morgan fingerprint density at radius 2 is 2.09 bits per heavy atom. The van der Waals surface area contributed by atoms with Gasteiger partial charge in [-0.1, -0.05) is 13.5 Å². The number of hydrogen-bond donors (Lipinski definition) is 1. The Morgan fingerprint density at radius 1 is 1.27 bits per heavy atom. The second-order valence-corrected chi connectivity index (χ2v) is 9.12. The lowest BCUT2D eigenvalue weighted by Crippen LogP contribution is -2.52. The number of carbonyl (C=O) groups is 3. The summed E-state index contributed by atoms with van der Waals surface area (Å²) in [4.78, 5) is 40.5. The molecule has 2 heterocycles. The van der Waals surface area contributed by atoms with Crippen LogP contribution in [0.1, 0.15) is 67.8 Å². The number of hydrogen-bond acceptors (Lipinski definition) is 5. The molecule has 3 atom stereocenters. The van der Waals surface area contributed by atoms with E-state index in [2.05, 4.69) is 23.7 Å². The normalized spacial score (nSPS) is 24.9. The van der Waals surface area contributed by atoms with Crippen molar-refractivity contribution in [3.05, 3.63) is 41.7 Å². The molecular formula is C25H32FN3O4. The van der Waals surface area contributed by atoms with Crippen LogP contribution in [0.15, 0.2) is 30.6 Å². The highest BCUT2D eigenvalue weighted by molar-refractivity contribution is 6.05. The van der Waals surface area contributed by atoms with Gasteiger partial charge >= 0.3 is 0 Å². The lowest BCUT2D eigenvalue weighted by molar-refractivity contribution is -0.136. The number of nitrogens with one attached hydrogen (secondary N) is 1. The van der Waals surface area contributed by atoms with Crippen LogP contribution in [0.4, 0.5) is 4.39 Å². The average Bonchev–Trinajstić information content (AvgIpc) is 3.35. The Labute approximate surface area is 193 Å². The molecule has 1 aromatic carbocycles. The predicted octanol–water partition coefficient (Wildman–Crippen LogP) is 3.33. The molecule has 2 aliphatic heterocycles. The molecule has 0 bridgehead atoms. The van der Waals surface area contributed by atoms with E-state index in [0.29, 0.717) is 24.9 Å². The van der Waals surface area contributed by atoms with Gasteiger partial charge in [0.15, 0.2) is 0 Å². The van der Waals surface area contributed by atoms with Crippen LogP contribution >= 0.6 is 0 Å². The van der Waals surface area contributed by atoms with Crippen LogP contribution in [0.5, 0.6) is 5.75 Å². The van der Waals surface area contributed by atoms with Gasteiger partial charge in [0, 0.05) is 24.6 Å². The van der Waals surface area contributed by atoms with Crippen LogP contribution in [0, 0.1) is 0 Å². The molecule has 1 saturated carbocycles. The molecule has 7 nitrogen and oxygen atoms in total. The second-order valence-electron chi connectivity index (χ2n) is 9.12. The molecule has 0 radical (unpaired) electrons. The molecule has 33 heavy (non-hydrogen) atoms. The van der Waals surface area contributed by atoms with Crippen LogP contribution in [-0.4, -0.2) is 58.8 Å². The summed E-state index contributed by atoms with van der Waals surface area (Å²) in [5, 5.41) is 2.33. The Hall–Kier alpha value is -2.74. The monoisotopic (exact) mass is 457 g/mol. The van der Waals surface area contributed by atoms with Gasteiger partial charge in [0.2, 0.25) is 11.8 Å². The van der Waals surface area contributed by atoms with Crippen molar-refractivity contribution in [1.82, 2.24) is 15.1 Å². The molecular weight excluding hydrogens is 425 g/mol. The zero-order valence-corrected chi connectivity index (χ0v) is 19.1. The number of carbonyl (C=O) groups excluding carboxylic acids is 3. The van der Waals surface area contributed by atoms with Gasteiger partial charge in [0.25, 0.3) is 5.91 Å². The number of benzene rings is 1. The molecule has 1 aliphatic carbocycles. The van der Waals surface area contributed by atoms with Crippen molar-refractivity contribution in [3.63, 3.8) is 0 Å². The number of likely N-dealkylation sites (N-methyl/N-ethyl adjacent to an activating group) is 1. The third-order valence-corrected chi connectivity index (χ3v) is 6.97. The Balaban J connectivity index is 1.41. The lowest BCUT2D eigenvalue weighted by atomic mass is 10.0. The van der Waals surface area contributed by atoms with E-state index in [1.807, 2.05) is 12.1 Å². The number of rotatable bonds is 9. The summed E-state index contributed by atoms with van der Waals surface area (Å²) in [6, 6.07) is 5.15. The summed E-state index contributed by atoms with van der Waals surface area (Å²) >= 11 is 0. The van der Waals surface area contributed by atoms with Crippen LogP contribution in [0.2, 0.25) is 0 Å². The van der Waals surface area contributed by atoms with Crippen molar-refractivity contribution in [2.45, 2.75) is 76.6 Å². The summed E-state index contributed by atoms with van der Waals surface area (Å²) in [5.74, 6) is -0.441. The first-order chi connectivity index (χ1) is 15.9. The summed E-state index contributed by atoms with van der Waals surface area (Å²) in [5.41, 5.74) is 1.42. The van der Waals surface area contributed by atoms with Crippen molar-refractivity contribution < 1.29 is 23.5 Å². The first-order valence-electron chi connectivity index (χ1n) is 11.9. The minimum absolute atomic E-state index is 0.0416. The fourth-order valence-electron chi connectivity index (χ4n) is 5.29. The van der Waals surface area contributed by atoms with Gasteiger partial charge in [-0.15, -0.1) is 0 Å². The molecule has 0 spiro atoms. The Kier molecular flexibility index (Phi) is 7.12. The summed E-state index contributed by atoms with van der Waals surface area (Å²) in [6.45, 7) is 7.48. The van der Waals surface area contributed by atoms with Gasteiger partial charge in [-0.2, -0.15) is 0 Å². The van der Waals surface area contributed by atoms with E-state index in [9.17, 15) is 18.8 Å². The third kappa shape index (κ3) is 5.11. The van der Waals surface area contributed by atoms with Crippen molar-refractivity contribution in [3.8, 4) is 5.75 Å². The number of ether oxygens (including phenoxy) is 1. The van der Waals surface area contributed by atoms with Gasteiger partial charge in [0.05, 0.1) is 5.83 Å². The summed E-state index contributed by atoms with van der Waals surface area (Å²) in [7, 11) is 0. The van der Waals surface area contributed by atoms with E-state index < -0.39 is 11.9 Å². The lowest BCUT2D eigenvalue weighted by Gasteiger charge is -2.32. The van der Waals surface area contributed by atoms with Crippen LogP contribution < -0.4 is 10.1 Å². The number of piperidine rings is 1. The predicted molar refractivity (Wildman–Crippen MR) is 121 cm³/mol. The van der Waals surface area contributed by atoms with E-state index in [0.717, 1.165) is 50.1 Å². The third-order valence-electron chi connectivity index (χ3n) is 6.97. The first kappa shape index (κ1) is 23.4. The summed E-state index contributed by atoms with van der Waals surface area (Å²) in [6.07, 6.45) is 4.83. The number of halogens is 1. The second kappa shape index (κ2) is 10.0. The number of nitrogens with zero attached hydrogens (tertiary/aromatic N) is 2. The minimum atomic E-state index is -0.621. The van der Waals surface area contributed by atoms with E-state index in [1.165, 1.54) is 0 Å². The first-order valence-corrected chi connectivity index (χ1v) is 11.9. The van der Waals surface area contributed by atoms with Crippen LogP contribution in [-0.2, 0) is 16.1 Å². The molecule has 1 aromatic rings. The summed E-state index contributed by atoms with van der Waals surface area (Å²) < 4.78 is 19.4. The zero-order valence-electron chi connectivity index (χ0n) is 19.1. The van der Waals surface area contributed by atoms with Crippen molar-refractivity contribution >= 4 is 17.7 Å². The fraction of sp³-hybridized carbons (Fsp3) is 0.560. The minimum Gasteiger partial charge on any atom is -0.489 e. The zero-order chi connectivity index (χ0) is 23.5. The van der Waals surface area contributed by atoms with Gasteiger partial charge in [-0.3, -0.25) is 24.6 Å². The molecule has 3 amide bonds. The highest BCUT2D eigenvalue weighted by Gasteiger charge is 2.39. The van der Waals surface area contributed by atoms with Gasteiger partial charge in [0.1, 0.15) is 17.9 Å². The van der Waals surface area contributed by atoms with Crippen molar-refractivity contribution in [2.24, 2.45) is 0 Å². The fourth-order valence-corrected chi connectivity index (χ4v) is 5.29. The van der Waals surface area contributed by atoms with Crippen molar-refractivity contribution in [1.29, 1.82) is 0 Å². The SMILES string of the molecule is C=C(F)CCCN(CC)[C@H]1CCC[C@H]1Oc1ccc2c(c1)CN(C1CCC(=O)NC1=O)C2=O. The van der Waals surface area contributed by atoms with E-state index in [4.69, 9.17) is 4.74 Å². The van der Waals surface area contributed by atoms with Gasteiger partial charge in [-0.05, 0) is 75.4 Å². The quantitative estimate of drug-likeness (QED) is 0.576. The maximum atomic E-state index is 13.0. The molecule has 4 rings (SSSR count). The Bertz CT molecular complexity index is 950. The largest absolute Gasteiger partial charge is 0.489 e. The molecule has 1 N–H and O–H groups in total. The van der Waals surface area contributed by atoms with E-state index in [-0.39, 0.29) is 36.2 Å². The van der Waals surface area contributed by atoms with E-state index in [1.54, 1.807) is 11.0 Å². The number of allylic oxidation sites excluding steroid dienone is 1. The highest BCUT2D eigenvalue weighted by Crippen LogP contribution is 2.33. The molecule has 1 unspecified atom stereocenters. The van der Waals surface area contributed by atoms with E-state index >= 15 is 0 Å². The molecule has 3 aliphatic rings. The van der Waals surface area contributed by atoms with Crippen LogP contribution in [0.25, 0.3) is 0 Å². The standard InChI is InChI=1S/C25H32FN3O4/c1-3-28(13-5-6-16(2)26)20-7-4-8-22(20)33-18-9-10-19-17(14-18)15-29(25(19)32)21-11-12-23(30)27-24(21)31/h9-10,14,20-22H,2-8,11-13,15H2,1H3,(H,27,30,31)/t20-,21?,22+/m0/s1. The van der Waals surface area contributed by atoms with Gasteiger partial charge < -0.3 is 9.64 Å². The molecule has 8 heteroatoms. The molecule has 0 aromatic heterocycles. The molecule has 178 valence electrons. The van der Waals surface area contributed by atoms with Gasteiger partial charge in [-0.25, -0.2) is 4.39 Å². The number of amides is 3. The van der Waals surface area contributed by atoms with Crippen LogP contribution in [0.3, 0.4) is 0 Å². The molecule has 1 saturated heterocycles. The number of imide groups is 1. The Morgan fingerprint density at radius 3 is 2.82 bits per heavy atom. The maximum Gasteiger partial charge on any atom is 0.255 e. The average molecular weight is 458 g/mol. The maximum absolute atomic E-state index is 13.0. The number of fused-ring (bicyclic) bond motifs is 1. The van der Waals surface area contributed by atoms with Crippen molar-refractivity contribution in [2.75, 3.05) is 13.1 Å². The molecule has 2 fully saturated rings.